The van der Waals surface area contributed by atoms with Crippen molar-refractivity contribution in [1.82, 2.24) is 5.32 Å². The molecule has 2 rings (SSSR count). The molecule has 1 N–H and O–H groups in total. The third kappa shape index (κ3) is 2.76. The lowest BCUT2D eigenvalue weighted by atomic mass is 9.98. The maximum absolute atomic E-state index is 11.8. The maximum Gasteiger partial charge on any atom is 0.420 e. The number of nitrogens with one attached hydrogen (secondary N) is 1. The average Bonchev–Trinajstić information content (AvgIpc) is 2.44. The van der Waals surface area contributed by atoms with Crippen LogP contribution >= 0.6 is 0 Å². The molecule has 0 bridgehead atoms. The zero-order chi connectivity index (χ0) is 13.8. The monoisotopic (exact) mass is 262 g/mol. The van der Waals surface area contributed by atoms with Crippen molar-refractivity contribution in [1.29, 1.82) is 0 Å². The highest BCUT2D eigenvalue weighted by Crippen LogP contribution is 2.29. The summed E-state index contributed by atoms with van der Waals surface area (Å²) in [4.78, 5) is 24.6. The Hall–Kier alpha value is -1.88. The van der Waals surface area contributed by atoms with Crippen LogP contribution in [0.25, 0.3) is 0 Å². The number of amides is 2. The quantitative estimate of drug-likeness (QED) is 0.896. The number of aryl methyl sites for hydroxylation is 1. The molecule has 0 saturated heterocycles. The summed E-state index contributed by atoms with van der Waals surface area (Å²) < 4.78 is 4.67. The van der Waals surface area contributed by atoms with Gasteiger partial charge in [0.1, 0.15) is 0 Å². The molecular formula is C14H18N2O3. The van der Waals surface area contributed by atoms with E-state index in [1.807, 2.05) is 19.2 Å². The van der Waals surface area contributed by atoms with E-state index in [0.717, 1.165) is 23.4 Å². The molecule has 102 valence electrons. The van der Waals surface area contributed by atoms with Crippen molar-refractivity contribution >= 4 is 17.7 Å². The first-order valence-corrected chi connectivity index (χ1v) is 6.34. The van der Waals surface area contributed by atoms with Gasteiger partial charge >= 0.3 is 6.09 Å². The fourth-order valence-electron chi connectivity index (χ4n) is 2.26. The number of fused-ring (bicyclic) bond motifs is 1. The fraction of sp³-hybridized carbons (Fsp3) is 0.429. The van der Waals surface area contributed by atoms with Gasteiger partial charge in [-0.1, -0.05) is 12.1 Å². The summed E-state index contributed by atoms with van der Waals surface area (Å²) in [5.74, 6) is -0.206. The van der Waals surface area contributed by atoms with Crippen LogP contribution in [0.15, 0.2) is 18.2 Å². The van der Waals surface area contributed by atoms with Crippen LogP contribution in [0.4, 0.5) is 10.5 Å². The number of imide groups is 1. The van der Waals surface area contributed by atoms with Crippen LogP contribution in [-0.2, 0) is 22.4 Å². The standard InChI is InChI=1S/C14H18N2O3/c1-15-8-7-10-3-5-12-11(9-10)4-6-13(17)16(12)14(18)19-2/h3,5,9,15H,4,6-8H2,1-2H3. The van der Waals surface area contributed by atoms with Crippen LogP contribution in [-0.4, -0.2) is 32.7 Å². The highest BCUT2D eigenvalue weighted by molar-refractivity contribution is 6.13. The summed E-state index contributed by atoms with van der Waals surface area (Å²) >= 11 is 0. The van der Waals surface area contributed by atoms with Crippen LogP contribution in [0.5, 0.6) is 0 Å². The molecule has 0 radical (unpaired) electrons. The number of likely N-dealkylation sites (N-methyl/N-ethyl adjacent to an activating group) is 1. The highest BCUT2D eigenvalue weighted by Gasteiger charge is 2.30. The molecule has 0 saturated carbocycles. The molecule has 2 amide bonds. The predicted molar refractivity (Wildman–Crippen MR) is 72.3 cm³/mol. The molecular weight excluding hydrogens is 244 g/mol. The number of benzene rings is 1. The third-order valence-electron chi connectivity index (χ3n) is 3.26. The zero-order valence-electron chi connectivity index (χ0n) is 11.2. The van der Waals surface area contributed by atoms with E-state index in [9.17, 15) is 9.59 Å². The van der Waals surface area contributed by atoms with Gasteiger partial charge in [0.15, 0.2) is 0 Å². The molecule has 0 unspecified atom stereocenters. The molecule has 0 fully saturated rings. The lowest BCUT2D eigenvalue weighted by molar-refractivity contribution is -0.118. The van der Waals surface area contributed by atoms with E-state index in [1.54, 1.807) is 0 Å². The van der Waals surface area contributed by atoms with Crippen LogP contribution in [0.2, 0.25) is 0 Å². The van der Waals surface area contributed by atoms with Gasteiger partial charge in [-0.3, -0.25) is 4.79 Å². The third-order valence-corrected chi connectivity index (χ3v) is 3.26. The van der Waals surface area contributed by atoms with Gasteiger partial charge in [-0.15, -0.1) is 0 Å². The summed E-state index contributed by atoms with van der Waals surface area (Å²) in [7, 11) is 3.20. The predicted octanol–water partition coefficient (Wildman–Crippen LogP) is 1.49. The average molecular weight is 262 g/mol. The van der Waals surface area contributed by atoms with Crippen LogP contribution < -0.4 is 10.2 Å². The van der Waals surface area contributed by atoms with Gasteiger partial charge in [0, 0.05) is 6.42 Å². The van der Waals surface area contributed by atoms with Gasteiger partial charge in [-0.25, -0.2) is 9.69 Å². The molecule has 19 heavy (non-hydrogen) atoms. The van der Waals surface area contributed by atoms with Crippen LogP contribution in [0, 0.1) is 0 Å². The number of hydrogen-bond donors (Lipinski definition) is 1. The minimum Gasteiger partial charge on any atom is -0.452 e. The minimum absolute atomic E-state index is 0.206. The van der Waals surface area contributed by atoms with E-state index in [2.05, 4.69) is 16.1 Å². The molecule has 1 aliphatic heterocycles. The van der Waals surface area contributed by atoms with E-state index < -0.39 is 6.09 Å². The molecule has 0 aliphatic carbocycles. The molecule has 0 atom stereocenters. The van der Waals surface area contributed by atoms with Gasteiger partial charge in [-0.2, -0.15) is 0 Å². The Balaban J connectivity index is 2.30. The second-order valence-corrected chi connectivity index (χ2v) is 4.52. The Morgan fingerprint density at radius 3 is 2.89 bits per heavy atom. The second-order valence-electron chi connectivity index (χ2n) is 4.52. The molecule has 1 aliphatic rings. The number of nitrogens with zero attached hydrogens (tertiary/aromatic N) is 1. The topological polar surface area (TPSA) is 58.6 Å². The van der Waals surface area contributed by atoms with Crippen molar-refractivity contribution in [2.75, 3.05) is 25.6 Å². The zero-order valence-corrected chi connectivity index (χ0v) is 11.2. The molecule has 5 nitrogen and oxygen atoms in total. The van der Waals surface area contributed by atoms with Gasteiger partial charge in [-0.05, 0) is 43.6 Å². The SMILES string of the molecule is CNCCc1ccc2c(c1)CCC(=O)N2C(=O)OC. The Labute approximate surface area is 112 Å². The minimum atomic E-state index is -0.617. The number of methoxy groups -OCH3 is 1. The lowest BCUT2D eigenvalue weighted by Gasteiger charge is -2.26. The molecule has 1 aromatic rings. The van der Waals surface area contributed by atoms with E-state index in [-0.39, 0.29) is 5.91 Å². The molecule has 0 aromatic heterocycles. The van der Waals surface area contributed by atoms with Gasteiger partial charge in [0.2, 0.25) is 5.91 Å². The summed E-state index contributed by atoms with van der Waals surface area (Å²) in [6, 6.07) is 5.84. The Kier molecular flexibility index (Phi) is 4.16. The van der Waals surface area contributed by atoms with Crippen molar-refractivity contribution in [2.24, 2.45) is 0 Å². The number of carbonyl (C=O) groups is 2. The molecule has 1 aromatic carbocycles. The number of anilines is 1. The summed E-state index contributed by atoms with van der Waals surface area (Å²) in [6.07, 6.45) is 1.33. The van der Waals surface area contributed by atoms with Gasteiger partial charge < -0.3 is 10.1 Å². The Morgan fingerprint density at radius 1 is 1.42 bits per heavy atom. The van der Waals surface area contributed by atoms with Crippen molar-refractivity contribution in [2.45, 2.75) is 19.3 Å². The molecule has 0 spiro atoms. The number of carbonyl (C=O) groups excluding carboxylic acids is 2. The van der Waals surface area contributed by atoms with E-state index in [0.29, 0.717) is 18.5 Å². The fourth-order valence-corrected chi connectivity index (χ4v) is 2.26. The highest BCUT2D eigenvalue weighted by atomic mass is 16.5. The summed E-state index contributed by atoms with van der Waals surface area (Å²) in [5.41, 5.74) is 2.88. The van der Waals surface area contributed by atoms with Crippen LogP contribution in [0.3, 0.4) is 0 Å². The molecule has 5 heteroatoms. The number of ether oxygens (including phenoxy) is 1. The van der Waals surface area contributed by atoms with E-state index in [1.165, 1.54) is 12.7 Å². The first kappa shape index (κ1) is 13.5. The largest absolute Gasteiger partial charge is 0.452 e. The van der Waals surface area contributed by atoms with Crippen molar-refractivity contribution in [3.8, 4) is 0 Å². The van der Waals surface area contributed by atoms with E-state index >= 15 is 0 Å². The summed E-state index contributed by atoms with van der Waals surface area (Å²) in [5, 5.41) is 3.10. The smallest absolute Gasteiger partial charge is 0.420 e. The first-order valence-electron chi connectivity index (χ1n) is 6.34. The van der Waals surface area contributed by atoms with E-state index in [4.69, 9.17) is 0 Å². The normalized spacial score (nSPS) is 14.2. The van der Waals surface area contributed by atoms with Gasteiger partial charge in [0.05, 0.1) is 12.8 Å². The maximum atomic E-state index is 11.8. The van der Waals surface area contributed by atoms with Gasteiger partial charge in [0.25, 0.3) is 0 Å². The Bertz CT molecular complexity index is 499. The van der Waals surface area contributed by atoms with Crippen LogP contribution in [0.1, 0.15) is 17.5 Å². The van der Waals surface area contributed by atoms with Crippen molar-refractivity contribution in [3.63, 3.8) is 0 Å². The van der Waals surface area contributed by atoms with Crippen molar-refractivity contribution < 1.29 is 14.3 Å². The first-order chi connectivity index (χ1) is 9.17. The molecule has 1 heterocycles. The second kappa shape index (κ2) is 5.84. The number of rotatable bonds is 3. The van der Waals surface area contributed by atoms with Crippen molar-refractivity contribution in [3.05, 3.63) is 29.3 Å². The lowest BCUT2D eigenvalue weighted by Crippen LogP contribution is -2.40. The summed E-state index contributed by atoms with van der Waals surface area (Å²) in [6.45, 7) is 0.901. The Morgan fingerprint density at radius 2 is 2.21 bits per heavy atom. The number of hydrogen-bond acceptors (Lipinski definition) is 4.